The third kappa shape index (κ3) is 2.21. The molecule has 2 rings (SSSR count). The molecule has 1 aliphatic heterocycles. The molecule has 4 heteroatoms. The Hall–Kier alpha value is -1.16. The molecule has 4 nitrogen and oxygen atoms in total. The third-order valence-corrected chi connectivity index (χ3v) is 4.29. The predicted molar refractivity (Wildman–Crippen MR) is 71.4 cm³/mol. The summed E-state index contributed by atoms with van der Waals surface area (Å²) in [7, 11) is 1.91. The van der Waals surface area contributed by atoms with Gasteiger partial charge in [0.15, 0.2) is 0 Å². The zero-order valence-electron chi connectivity index (χ0n) is 11.8. The van der Waals surface area contributed by atoms with Gasteiger partial charge in [-0.2, -0.15) is 5.10 Å². The molecule has 0 saturated carbocycles. The van der Waals surface area contributed by atoms with Gasteiger partial charge in [0.1, 0.15) is 5.78 Å². The Balaban J connectivity index is 2.18. The maximum Gasteiger partial charge on any atom is 0.146 e. The molecule has 1 atom stereocenters. The molecule has 1 aromatic heterocycles. The normalized spacial score (nSPS) is 23.8. The summed E-state index contributed by atoms with van der Waals surface area (Å²) < 4.78 is 1.82. The number of carbonyl (C=O) groups is 1. The van der Waals surface area contributed by atoms with Crippen LogP contribution in [-0.4, -0.2) is 28.7 Å². The number of ketones is 1. The van der Waals surface area contributed by atoms with E-state index in [-0.39, 0.29) is 5.41 Å². The highest BCUT2D eigenvalue weighted by atomic mass is 16.1. The van der Waals surface area contributed by atoms with Crippen molar-refractivity contribution in [3.05, 3.63) is 17.5 Å². The van der Waals surface area contributed by atoms with E-state index in [1.807, 2.05) is 24.7 Å². The van der Waals surface area contributed by atoms with Gasteiger partial charge in [0, 0.05) is 31.1 Å². The fourth-order valence-corrected chi connectivity index (χ4v) is 2.93. The molecule has 0 aromatic carbocycles. The first-order chi connectivity index (χ1) is 8.45. The average molecular weight is 249 g/mol. The number of carbonyl (C=O) groups excluding carboxylic acids is 1. The molecule has 100 valence electrons. The van der Waals surface area contributed by atoms with Gasteiger partial charge in [-0.15, -0.1) is 0 Å². The van der Waals surface area contributed by atoms with E-state index in [9.17, 15) is 4.79 Å². The van der Waals surface area contributed by atoms with Crippen molar-refractivity contribution in [1.82, 2.24) is 15.1 Å². The fourth-order valence-electron chi connectivity index (χ4n) is 2.93. The van der Waals surface area contributed by atoms with E-state index in [2.05, 4.69) is 24.3 Å². The van der Waals surface area contributed by atoms with Gasteiger partial charge in [-0.3, -0.25) is 9.48 Å². The first-order valence-corrected chi connectivity index (χ1v) is 6.69. The highest BCUT2D eigenvalue weighted by Crippen LogP contribution is 2.36. The van der Waals surface area contributed by atoms with E-state index in [1.165, 1.54) is 0 Å². The van der Waals surface area contributed by atoms with Crippen LogP contribution in [0, 0.1) is 18.3 Å². The minimum Gasteiger partial charge on any atom is -0.316 e. The largest absolute Gasteiger partial charge is 0.316 e. The zero-order chi connectivity index (χ0) is 13.3. The van der Waals surface area contributed by atoms with Crippen molar-refractivity contribution < 1.29 is 4.79 Å². The van der Waals surface area contributed by atoms with Crippen molar-refractivity contribution in [1.29, 1.82) is 0 Å². The summed E-state index contributed by atoms with van der Waals surface area (Å²) in [6.07, 6.45) is 1.46. The van der Waals surface area contributed by atoms with E-state index in [1.54, 1.807) is 0 Å². The van der Waals surface area contributed by atoms with Crippen molar-refractivity contribution in [2.24, 2.45) is 18.4 Å². The van der Waals surface area contributed by atoms with Crippen LogP contribution in [0.4, 0.5) is 0 Å². The average Bonchev–Trinajstić information content (AvgIpc) is 2.87. The topological polar surface area (TPSA) is 46.9 Å². The van der Waals surface area contributed by atoms with Crippen LogP contribution in [0.2, 0.25) is 0 Å². The second-order valence-corrected chi connectivity index (χ2v) is 5.74. The van der Waals surface area contributed by atoms with Crippen LogP contribution in [0.5, 0.6) is 0 Å². The fraction of sp³-hybridized carbons (Fsp3) is 0.714. The Labute approximate surface area is 109 Å². The first kappa shape index (κ1) is 13.3. The lowest BCUT2D eigenvalue weighted by Gasteiger charge is -2.31. The Morgan fingerprint density at radius 3 is 2.78 bits per heavy atom. The lowest BCUT2D eigenvalue weighted by Crippen LogP contribution is -2.39. The number of aromatic nitrogens is 2. The van der Waals surface area contributed by atoms with Crippen molar-refractivity contribution in [2.75, 3.05) is 13.1 Å². The van der Waals surface area contributed by atoms with Crippen molar-refractivity contribution in [2.45, 2.75) is 33.6 Å². The Kier molecular flexibility index (Phi) is 3.57. The molecule has 0 radical (unpaired) electrons. The maximum atomic E-state index is 12.7. The molecule has 1 aromatic rings. The van der Waals surface area contributed by atoms with Gasteiger partial charge in [-0.05, 0) is 31.9 Å². The number of Topliss-reactive ketones (excluding diaryl/α,β-unsaturated/α-hetero) is 1. The van der Waals surface area contributed by atoms with Crippen molar-refractivity contribution >= 4 is 5.78 Å². The van der Waals surface area contributed by atoms with Crippen LogP contribution in [0.15, 0.2) is 6.07 Å². The van der Waals surface area contributed by atoms with Gasteiger partial charge >= 0.3 is 0 Å². The third-order valence-electron chi connectivity index (χ3n) is 4.29. The summed E-state index contributed by atoms with van der Waals surface area (Å²) in [6, 6.07) is 2.01. The molecule has 0 amide bonds. The second kappa shape index (κ2) is 4.84. The summed E-state index contributed by atoms with van der Waals surface area (Å²) in [5.74, 6) is 0.736. The number of nitrogens with one attached hydrogen (secondary N) is 1. The standard InChI is InChI=1S/C14H23N3O/c1-10(2)14(5-6-15-9-14)13(18)8-12-7-11(3)16-17(12)4/h7,10,15H,5-6,8-9H2,1-4H3. The van der Waals surface area contributed by atoms with Crippen LogP contribution >= 0.6 is 0 Å². The molecule has 1 aliphatic rings. The SMILES string of the molecule is Cc1cc(CC(=O)C2(C(C)C)CCNC2)n(C)n1. The number of rotatable bonds is 4. The summed E-state index contributed by atoms with van der Waals surface area (Å²) in [5.41, 5.74) is 1.81. The van der Waals surface area contributed by atoms with Gasteiger partial charge in [0.25, 0.3) is 0 Å². The lowest BCUT2D eigenvalue weighted by atomic mass is 9.72. The number of nitrogens with zero attached hydrogens (tertiary/aromatic N) is 2. The van der Waals surface area contributed by atoms with Crippen LogP contribution < -0.4 is 5.32 Å². The van der Waals surface area contributed by atoms with E-state index < -0.39 is 0 Å². The monoisotopic (exact) mass is 249 g/mol. The molecule has 0 aliphatic carbocycles. The minimum absolute atomic E-state index is 0.182. The number of aryl methyl sites for hydroxylation is 2. The molecular weight excluding hydrogens is 226 g/mol. The molecule has 2 heterocycles. The van der Waals surface area contributed by atoms with Crippen molar-refractivity contribution in [3.8, 4) is 0 Å². The van der Waals surface area contributed by atoms with Gasteiger partial charge in [0.2, 0.25) is 0 Å². The molecule has 18 heavy (non-hydrogen) atoms. The zero-order valence-corrected chi connectivity index (χ0v) is 11.8. The summed E-state index contributed by atoms with van der Waals surface area (Å²) >= 11 is 0. The van der Waals surface area contributed by atoms with Crippen molar-refractivity contribution in [3.63, 3.8) is 0 Å². The summed E-state index contributed by atoms with van der Waals surface area (Å²) in [4.78, 5) is 12.7. The van der Waals surface area contributed by atoms with Gasteiger partial charge in [-0.1, -0.05) is 13.8 Å². The minimum atomic E-state index is -0.182. The first-order valence-electron chi connectivity index (χ1n) is 6.69. The van der Waals surface area contributed by atoms with E-state index in [0.29, 0.717) is 18.1 Å². The van der Waals surface area contributed by atoms with Gasteiger partial charge in [0.05, 0.1) is 5.69 Å². The Morgan fingerprint density at radius 1 is 1.61 bits per heavy atom. The molecule has 1 fully saturated rings. The summed E-state index contributed by atoms with van der Waals surface area (Å²) in [5, 5.41) is 7.64. The van der Waals surface area contributed by atoms with Gasteiger partial charge < -0.3 is 5.32 Å². The Bertz CT molecular complexity index is 442. The highest BCUT2D eigenvalue weighted by molar-refractivity contribution is 5.87. The van der Waals surface area contributed by atoms with Crippen LogP contribution in [-0.2, 0) is 18.3 Å². The molecule has 1 N–H and O–H groups in total. The highest BCUT2D eigenvalue weighted by Gasteiger charge is 2.43. The smallest absolute Gasteiger partial charge is 0.146 e. The molecule has 0 bridgehead atoms. The van der Waals surface area contributed by atoms with E-state index in [4.69, 9.17) is 0 Å². The maximum absolute atomic E-state index is 12.7. The van der Waals surface area contributed by atoms with E-state index >= 15 is 0 Å². The van der Waals surface area contributed by atoms with E-state index in [0.717, 1.165) is 30.9 Å². The summed E-state index contributed by atoms with van der Waals surface area (Å²) in [6.45, 7) is 8.04. The second-order valence-electron chi connectivity index (χ2n) is 5.74. The molecule has 0 spiro atoms. The number of hydrogen-bond donors (Lipinski definition) is 1. The lowest BCUT2D eigenvalue weighted by molar-refractivity contribution is -0.129. The molecule has 1 unspecified atom stereocenters. The van der Waals surface area contributed by atoms with Gasteiger partial charge in [-0.25, -0.2) is 0 Å². The number of hydrogen-bond acceptors (Lipinski definition) is 3. The van der Waals surface area contributed by atoms with Crippen LogP contribution in [0.25, 0.3) is 0 Å². The molecular formula is C14H23N3O. The predicted octanol–water partition coefficient (Wildman–Crippen LogP) is 1.48. The van der Waals surface area contributed by atoms with Crippen LogP contribution in [0.1, 0.15) is 31.7 Å². The van der Waals surface area contributed by atoms with Crippen LogP contribution in [0.3, 0.4) is 0 Å². The quantitative estimate of drug-likeness (QED) is 0.879. The molecule has 1 saturated heterocycles. The Morgan fingerprint density at radius 2 is 2.33 bits per heavy atom.